The number of carbonyl (C=O) groups is 1. The molecule has 3 aliphatic rings. The SMILES string of the molecule is O=C(N1CCCC1Cn1nc2c(cc1=O)COCC2)C1(c2ccccc2)CCOCC1. The quantitative estimate of drug-likeness (QED) is 0.753. The molecule has 1 atom stereocenters. The molecule has 164 valence electrons. The molecule has 2 fully saturated rings. The van der Waals surface area contributed by atoms with Crippen molar-refractivity contribution in [3.8, 4) is 0 Å². The summed E-state index contributed by atoms with van der Waals surface area (Å²) >= 11 is 0. The van der Waals surface area contributed by atoms with Crippen molar-refractivity contribution in [1.29, 1.82) is 0 Å². The van der Waals surface area contributed by atoms with Gasteiger partial charge >= 0.3 is 0 Å². The number of ether oxygens (including phenoxy) is 2. The third-order valence-electron chi connectivity index (χ3n) is 7.01. The zero-order valence-electron chi connectivity index (χ0n) is 17.8. The Bertz CT molecular complexity index is 998. The predicted octanol–water partition coefficient (Wildman–Crippen LogP) is 2.06. The van der Waals surface area contributed by atoms with Gasteiger partial charge in [0.15, 0.2) is 0 Å². The second-order valence-electron chi connectivity index (χ2n) is 8.79. The first-order chi connectivity index (χ1) is 15.2. The number of amides is 1. The number of benzene rings is 1. The summed E-state index contributed by atoms with van der Waals surface area (Å²) in [5.74, 6) is 0.170. The van der Waals surface area contributed by atoms with Crippen molar-refractivity contribution >= 4 is 5.91 Å². The lowest BCUT2D eigenvalue weighted by Gasteiger charge is -2.40. The molecule has 1 aromatic carbocycles. The number of nitrogens with zero attached hydrogens (tertiary/aromatic N) is 3. The van der Waals surface area contributed by atoms with E-state index in [9.17, 15) is 9.59 Å². The van der Waals surface area contributed by atoms with E-state index >= 15 is 0 Å². The van der Waals surface area contributed by atoms with Crippen molar-refractivity contribution in [2.45, 2.75) is 56.7 Å². The van der Waals surface area contributed by atoms with Gasteiger partial charge in [-0.3, -0.25) is 9.59 Å². The summed E-state index contributed by atoms with van der Waals surface area (Å²) in [6.45, 7) is 3.44. The zero-order chi connectivity index (χ0) is 21.3. The maximum Gasteiger partial charge on any atom is 0.267 e. The van der Waals surface area contributed by atoms with Crippen LogP contribution in [0.1, 0.15) is 42.5 Å². The van der Waals surface area contributed by atoms with Crippen LogP contribution in [0.2, 0.25) is 0 Å². The fourth-order valence-corrected chi connectivity index (χ4v) is 5.25. The molecule has 31 heavy (non-hydrogen) atoms. The van der Waals surface area contributed by atoms with Gasteiger partial charge in [-0.25, -0.2) is 4.68 Å². The van der Waals surface area contributed by atoms with E-state index in [1.807, 2.05) is 23.1 Å². The Balaban J connectivity index is 1.42. The van der Waals surface area contributed by atoms with Crippen molar-refractivity contribution < 1.29 is 14.3 Å². The molecule has 7 heteroatoms. The van der Waals surface area contributed by atoms with Gasteiger partial charge < -0.3 is 14.4 Å². The molecule has 3 aliphatic heterocycles. The van der Waals surface area contributed by atoms with Gasteiger partial charge in [-0.05, 0) is 31.2 Å². The Morgan fingerprint density at radius 2 is 1.94 bits per heavy atom. The van der Waals surface area contributed by atoms with Crippen LogP contribution < -0.4 is 5.56 Å². The highest BCUT2D eigenvalue weighted by atomic mass is 16.5. The van der Waals surface area contributed by atoms with E-state index in [-0.39, 0.29) is 17.5 Å². The Morgan fingerprint density at radius 3 is 2.74 bits per heavy atom. The highest BCUT2D eigenvalue weighted by Gasteiger charge is 2.46. The molecule has 1 unspecified atom stereocenters. The largest absolute Gasteiger partial charge is 0.381 e. The number of fused-ring (bicyclic) bond motifs is 1. The fourth-order valence-electron chi connectivity index (χ4n) is 5.25. The number of likely N-dealkylation sites (tertiary alicyclic amines) is 1. The summed E-state index contributed by atoms with van der Waals surface area (Å²) in [6.07, 6.45) is 3.94. The maximum atomic E-state index is 14.0. The first kappa shape index (κ1) is 20.4. The van der Waals surface area contributed by atoms with Crippen molar-refractivity contribution in [3.05, 3.63) is 63.6 Å². The van der Waals surface area contributed by atoms with Gasteiger partial charge in [0.1, 0.15) is 0 Å². The summed E-state index contributed by atoms with van der Waals surface area (Å²) < 4.78 is 12.6. The molecule has 0 radical (unpaired) electrons. The fraction of sp³-hybridized carbons (Fsp3) is 0.542. The highest BCUT2D eigenvalue weighted by Crippen LogP contribution is 2.38. The van der Waals surface area contributed by atoms with Gasteiger partial charge in [-0.2, -0.15) is 5.10 Å². The third-order valence-corrected chi connectivity index (χ3v) is 7.01. The van der Waals surface area contributed by atoms with E-state index in [0.29, 0.717) is 45.8 Å². The van der Waals surface area contributed by atoms with Crippen LogP contribution in [0.3, 0.4) is 0 Å². The van der Waals surface area contributed by atoms with Gasteiger partial charge in [-0.1, -0.05) is 30.3 Å². The van der Waals surface area contributed by atoms with Crippen LogP contribution in [0.25, 0.3) is 0 Å². The van der Waals surface area contributed by atoms with Crippen LogP contribution in [-0.2, 0) is 39.3 Å². The van der Waals surface area contributed by atoms with Crippen molar-refractivity contribution in [2.24, 2.45) is 0 Å². The van der Waals surface area contributed by atoms with Crippen LogP contribution >= 0.6 is 0 Å². The van der Waals surface area contributed by atoms with Crippen molar-refractivity contribution in [2.75, 3.05) is 26.4 Å². The van der Waals surface area contributed by atoms with Crippen LogP contribution in [0.4, 0.5) is 0 Å². The van der Waals surface area contributed by atoms with E-state index in [1.165, 1.54) is 0 Å². The molecule has 0 spiro atoms. The van der Waals surface area contributed by atoms with E-state index in [0.717, 1.165) is 42.6 Å². The van der Waals surface area contributed by atoms with Crippen LogP contribution in [-0.4, -0.2) is 53.0 Å². The molecule has 5 rings (SSSR count). The maximum absolute atomic E-state index is 14.0. The number of hydrogen-bond acceptors (Lipinski definition) is 5. The minimum absolute atomic E-state index is 0.0148. The van der Waals surface area contributed by atoms with E-state index in [1.54, 1.807) is 10.7 Å². The number of rotatable bonds is 4. The lowest BCUT2D eigenvalue weighted by Crippen LogP contribution is -2.52. The van der Waals surface area contributed by atoms with E-state index in [4.69, 9.17) is 9.47 Å². The lowest BCUT2D eigenvalue weighted by atomic mass is 9.73. The number of hydrogen-bond donors (Lipinski definition) is 0. The van der Waals surface area contributed by atoms with Crippen LogP contribution in [0, 0.1) is 0 Å². The van der Waals surface area contributed by atoms with Crippen molar-refractivity contribution in [3.63, 3.8) is 0 Å². The van der Waals surface area contributed by atoms with Crippen LogP contribution in [0.5, 0.6) is 0 Å². The molecular formula is C24H29N3O4. The molecule has 0 N–H and O–H groups in total. The second-order valence-corrected chi connectivity index (χ2v) is 8.79. The Labute approximate surface area is 182 Å². The summed E-state index contributed by atoms with van der Waals surface area (Å²) in [7, 11) is 0. The number of carbonyl (C=O) groups excluding carboxylic acids is 1. The molecule has 0 saturated carbocycles. The standard InChI is InChI=1S/C24H29N3O4/c28-22-15-18-17-31-12-8-21(18)25-27(22)16-20-7-4-11-26(20)23(29)24(9-13-30-14-10-24)19-5-2-1-3-6-19/h1-3,5-6,15,20H,4,7-14,16-17H2. The van der Waals surface area contributed by atoms with Gasteiger partial charge in [0.25, 0.3) is 5.56 Å². The second kappa shape index (κ2) is 8.55. The zero-order valence-corrected chi connectivity index (χ0v) is 17.8. The molecule has 4 heterocycles. The summed E-state index contributed by atoms with van der Waals surface area (Å²) in [4.78, 5) is 28.7. The Morgan fingerprint density at radius 1 is 1.13 bits per heavy atom. The average Bonchev–Trinajstić information content (AvgIpc) is 3.28. The van der Waals surface area contributed by atoms with Gasteiger partial charge in [0, 0.05) is 37.8 Å². The molecule has 1 amide bonds. The molecule has 1 aromatic heterocycles. The Kier molecular flexibility index (Phi) is 5.63. The minimum Gasteiger partial charge on any atom is -0.381 e. The van der Waals surface area contributed by atoms with Crippen LogP contribution in [0.15, 0.2) is 41.2 Å². The van der Waals surface area contributed by atoms with E-state index in [2.05, 4.69) is 17.2 Å². The lowest BCUT2D eigenvalue weighted by molar-refractivity contribution is -0.142. The summed E-state index contributed by atoms with van der Waals surface area (Å²) in [5.41, 5.74) is 2.22. The molecule has 2 saturated heterocycles. The minimum atomic E-state index is -0.548. The third kappa shape index (κ3) is 3.81. The van der Waals surface area contributed by atoms with Gasteiger partial charge in [-0.15, -0.1) is 0 Å². The molecule has 0 bridgehead atoms. The number of aromatic nitrogens is 2. The summed E-state index contributed by atoms with van der Waals surface area (Å²) in [5, 5.41) is 4.62. The van der Waals surface area contributed by atoms with Crippen molar-refractivity contribution in [1.82, 2.24) is 14.7 Å². The molecule has 2 aromatic rings. The first-order valence-corrected chi connectivity index (χ1v) is 11.3. The monoisotopic (exact) mass is 423 g/mol. The molecule has 0 aliphatic carbocycles. The smallest absolute Gasteiger partial charge is 0.267 e. The normalized spacial score (nSPS) is 22.8. The average molecular weight is 424 g/mol. The topological polar surface area (TPSA) is 73.7 Å². The van der Waals surface area contributed by atoms with E-state index < -0.39 is 5.41 Å². The first-order valence-electron chi connectivity index (χ1n) is 11.3. The molecular weight excluding hydrogens is 394 g/mol. The highest BCUT2D eigenvalue weighted by molar-refractivity contribution is 5.89. The predicted molar refractivity (Wildman–Crippen MR) is 115 cm³/mol. The van der Waals surface area contributed by atoms with Gasteiger partial charge in [0.05, 0.1) is 36.9 Å². The Hall–Kier alpha value is -2.51. The summed E-state index contributed by atoms with van der Waals surface area (Å²) in [6, 6.07) is 11.7. The van der Waals surface area contributed by atoms with Gasteiger partial charge in [0.2, 0.25) is 5.91 Å². The molecule has 7 nitrogen and oxygen atoms in total.